The molecule has 0 saturated heterocycles. The number of benzene rings is 2. The van der Waals surface area contributed by atoms with Crippen LogP contribution in [0.25, 0.3) is 0 Å². The number of hydrogen-bond acceptors (Lipinski definition) is 4. The van der Waals surface area contributed by atoms with Gasteiger partial charge in [-0.05, 0) is 19.0 Å². The first-order chi connectivity index (χ1) is 13.0. The summed E-state index contributed by atoms with van der Waals surface area (Å²) in [6.07, 6.45) is 1.85. The molecule has 1 atom stereocenters. The highest BCUT2D eigenvalue weighted by atomic mass is 16.5. The third-order valence-corrected chi connectivity index (χ3v) is 4.55. The Morgan fingerprint density at radius 1 is 1.00 bits per heavy atom. The molecule has 0 aliphatic carbocycles. The average molecular weight is 367 g/mol. The predicted octanol–water partition coefficient (Wildman–Crippen LogP) is 4.33. The topological polar surface area (TPSA) is 46.6 Å². The van der Waals surface area contributed by atoms with E-state index in [1.54, 1.807) is 0 Å². The van der Waals surface area contributed by atoms with Gasteiger partial charge < -0.3 is 4.74 Å². The molecule has 1 unspecified atom stereocenters. The van der Waals surface area contributed by atoms with Gasteiger partial charge in [0.15, 0.2) is 5.78 Å². The molecule has 0 radical (unpaired) electrons. The normalized spacial score (nSPS) is 12.0. The van der Waals surface area contributed by atoms with Crippen LogP contribution in [0.15, 0.2) is 54.6 Å². The van der Waals surface area contributed by atoms with E-state index in [4.69, 9.17) is 4.74 Å². The van der Waals surface area contributed by atoms with Gasteiger partial charge >= 0.3 is 5.97 Å². The van der Waals surface area contributed by atoms with Crippen LogP contribution in [0.3, 0.4) is 0 Å². The van der Waals surface area contributed by atoms with Crippen molar-refractivity contribution in [1.82, 2.24) is 4.90 Å². The van der Waals surface area contributed by atoms with Crippen LogP contribution in [0.5, 0.6) is 0 Å². The minimum absolute atomic E-state index is 0.0311. The van der Waals surface area contributed by atoms with E-state index in [-0.39, 0.29) is 17.7 Å². The zero-order valence-electron chi connectivity index (χ0n) is 16.5. The SMILES string of the molecule is CCCC(C)C(=O)OCCN(C)Cc1ccc(C(=O)c2ccccc2)cc1. The number of hydrogen-bond donors (Lipinski definition) is 0. The summed E-state index contributed by atoms with van der Waals surface area (Å²) in [5.74, 6) is -0.118. The number of carbonyl (C=O) groups is 2. The van der Waals surface area contributed by atoms with Gasteiger partial charge in [-0.3, -0.25) is 14.5 Å². The summed E-state index contributed by atoms with van der Waals surface area (Å²) in [5.41, 5.74) is 2.50. The molecule has 0 amide bonds. The molecule has 2 rings (SSSR count). The molecular weight excluding hydrogens is 338 g/mol. The average Bonchev–Trinajstić information content (AvgIpc) is 2.68. The Morgan fingerprint density at radius 2 is 1.63 bits per heavy atom. The van der Waals surface area contributed by atoms with Crippen molar-refractivity contribution in [3.8, 4) is 0 Å². The number of esters is 1. The summed E-state index contributed by atoms with van der Waals surface area (Å²) in [6, 6.07) is 17.0. The maximum atomic E-state index is 12.4. The third-order valence-electron chi connectivity index (χ3n) is 4.55. The van der Waals surface area contributed by atoms with Crippen LogP contribution in [0, 0.1) is 5.92 Å². The smallest absolute Gasteiger partial charge is 0.308 e. The summed E-state index contributed by atoms with van der Waals surface area (Å²) in [5, 5.41) is 0. The fourth-order valence-corrected chi connectivity index (χ4v) is 2.90. The summed E-state index contributed by atoms with van der Waals surface area (Å²) in [4.78, 5) is 26.3. The van der Waals surface area contributed by atoms with Gasteiger partial charge in [0.2, 0.25) is 0 Å². The van der Waals surface area contributed by atoms with Crippen LogP contribution in [-0.4, -0.2) is 36.9 Å². The van der Waals surface area contributed by atoms with Crippen LogP contribution < -0.4 is 0 Å². The van der Waals surface area contributed by atoms with Gasteiger partial charge in [0.25, 0.3) is 0 Å². The molecule has 0 N–H and O–H groups in total. The summed E-state index contributed by atoms with van der Waals surface area (Å²) >= 11 is 0. The van der Waals surface area contributed by atoms with Crippen LogP contribution in [-0.2, 0) is 16.1 Å². The van der Waals surface area contributed by atoms with Gasteiger partial charge in [-0.1, -0.05) is 74.9 Å². The lowest BCUT2D eigenvalue weighted by Crippen LogP contribution is -2.25. The molecule has 0 fully saturated rings. The standard InChI is InChI=1S/C23H29NO3/c1-4-8-18(2)23(26)27-16-15-24(3)17-19-11-13-21(14-12-19)22(25)20-9-6-5-7-10-20/h5-7,9-14,18H,4,8,15-17H2,1-3H3. The Balaban J connectivity index is 1.80. The molecule has 27 heavy (non-hydrogen) atoms. The zero-order chi connectivity index (χ0) is 19.6. The van der Waals surface area contributed by atoms with E-state index < -0.39 is 0 Å². The fourth-order valence-electron chi connectivity index (χ4n) is 2.90. The lowest BCUT2D eigenvalue weighted by molar-refractivity contribution is -0.148. The molecule has 0 aromatic heterocycles. The Morgan fingerprint density at radius 3 is 2.26 bits per heavy atom. The zero-order valence-corrected chi connectivity index (χ0v) is 16.5. The van der Waals surface area contributed by atoms with Crippen LogP contribution in [0.2, 0.25) is 0 Å². The van der Waals surface area contributed by atoms with Gasteiger partial charge in [0.05, 0.1) is 5.92 Å². The van der Waals surface area contributed by atoms with E-state index in [2.05, 4.69) is 11.8 Å². The molecular formula is C23H29NO3. The molecule has 0 aliphatic rings. The van der Waals surface area contributed by atoms with Crippen LogP contribution in [0.4, 0.5) is 0 Å². The number of rotatable bonds is 10. The maximum absolute atomic E-state index is 12.4. The van der Waals surface area contributed by atoms with Crippen LogP contribution in [0.1, 0.15) is 48.2 Å². The monoisotopic (exact) mass is 367 g/mol. The molecule has 4 heteroatoms. The van der Waals surface area contributed by atoms with Crippen molar-refractivity contribution >= 4 is 11.8 Å². The van der Waals surface area contributed by atoms with Crippen molar-refractivity contribution in [2.45, 2.75) is 33.2 Å². The second-order valence-electron chi connectivity index (χ2n) is 6.99. The number of nitrogens with zero attached hydrogens (tertiary/aromatic N) is 1. The van der Waals surface area contributed by atoms with E-state index in [1.807, 2.05) is 68.6 Å². The highest BCUT2D eigenvalue weighted by molar-refractivity contribution is 6.08. The van der Waals surface area contributed by atoms with Crippen molar-refractivity contribution in [1.29, 1.82) is 0 Å². The Kier molecular flexibility index (Phi) is 8.21. The van der Waals surface area contributed by atoms with Gasteiger partial charge in [0, 0.05) is 24.2 Å². The Hall–Kier alpha value is -2.46. The number of ether oxygens (including phenoxy) is 1. The minimum Gasteiger partial charge on any atom is -0.464 e. The largest absolute Gasteiger partial charge is 0.464 e. The second kappa shape index (κ2) is 10.6. The van der Waals surface area contributed by atoms with Crippen LogP contribution >= 0.6 is 0 Å². The molecule has 0 bridgehead atoms. The minimum atomic E-state index is -0.117. The molecule has 144 valence electrons. The lowest BCUT2D eigenvalue weighted by atomic mass is 10.0. The van der Waals surface area contributed by atoms with Gasteiger partial charge in [0.1, 0.15) is 6.61 Å². The van der Waals surface area contributed by atoms with E-state index >= 15 is 0 Å². The molecule has 0 aliphatic heterocycles. The molecule has 2 aromatic carbocycles. The lowest BCUT2D eigenvalue weighted by Gasteiger charge is -2.18. The Labute approximate surface area is 162 Å². The first-order valence-electron chi connectivity index (χ1n) is 9.55. The van der Waals surface area contributed by atoms with Crippen molar-refractivity contribution in [3.05, 3.63) is 71.3 Å². The maximum Gasteiger partial charge on any atom is 0.308 e. The van der Waals surface area contributed by atoms with Crippen molar-refractivity contribution < 1.29 is 14.3 Å². The van der Waals surface area contributed by atoms with E-state index in [0.717, 1.165) is 24.9 Å². The fraction of sp³-hybridized carbons (Fsp3) is 0.391. The second-order valence-corrected chi connectivity index (χ2v) is 6.99. The third kappa shape index (κ3) is 6.65. The first kappa shape index (κ1) is 20.8. The van der Waals surface area contributed by atoms with Crippen molar-refractivity contribution in [2.75, 3.05) is 20.2 Å². The summed E-state index contributed by atoms with van der Waals surface area (Å²) in [7, 11) is 1.99. The molecule has 0 heterocycles. The van der Waals surface area contributed by atoms with Crippen molar-refractivity contribution in [3.63, 3.8) is 0 Å². The Bertz CT molecular complexity index is 725. The number of carbonyl (C=O) groups excluding carboxylic acids is 2. The number of ketones is 1. The quantitative estimate of drug-likeness (QED) is 0.463. The highest BCUT2D eigenvalue weighted by Gasteiger charge is 2.13. The molecule has 2 aromatic rings. The van der Waals surface area contributed by atoms with E-state index in [0.29, 0.717) is 24.3 Å². The highest BCUT2D eigenvalue weighted by Crippen LogP contribution is 2.12. The van der Waals surface area contributed by atoms with Gasteiger partial charge in [-0.15, -0.1) is 0 Å². The number of likely N-dealkylation sites (N-methyl/N-ethyl adjacent to an activating group) is 1. The molecule has 0 spiro atoms. The first-order valence-corrected chi connectivity index (χ1v) is 9.55. The van der Waals surface area contributed by atoms with Gasteiger partial charge in [-0.25, -0.2) is 0 Å². The molecule has 0 saturated carbocycles. The van der Waals surface area contributed by atoms with E-state index in [9.17, 15) is 9.59 Å². The summed E-state index contributed by atoms with van der Waals surface area (Å²) in [6.45, 7) is 5.79. The predicted molar refractivity (Wildman–Crippen MR) is 108 cm³/mol. The van der Waals surface area contributed by atoms with Gasteiger partial charge in [-0.2, -0.15) is 0 Å². The molecule has 4 nitrogen and oxygen atoms in total. The van der Waals surface area contributed by atoms with Crippen molar-refractivity contribution in [2.24, 2.45) is 5.92 Å². The summed E-state index contributed by atoms with van der Waals surface area (Å²) < 4.78 is 5.34. The van der Waals surface area contributed by atoms with E-state index in [1.165, 1.54) is 0 Å².